The van der Waals surface area contributed by atoms with Crippen molar-refractivity contribution in [3.8, 4) is 6.07 Å². The molecule has 0 saturated heterocycles. The van der Waals surface area contributed by atoms with Crippen LogP contribution in [0.5, 0.6) is 0 Å². The van der Waals surface area contributed by atoms with Gasteiger partial charge in [0.25, 0.3) is 0 Å². The monoisotopic (exact) mass is 273 g/mol. The summed E-state index contributed by atoms with van der Waals surface area (Å²) >= 11 is 5.95. The Labute approximate surface area is 118 Å². The molecule has 2 fully saturated rings. The molecule has 0 aromatic heterocycles. The molecule has 0 radical (unpaired) electrons. The highest BCUT2D eigenvalue weighted by Gasteiger charge is 2.44. The summed E-state index contributed by atoms with van der Waals surface area (Å²) in [5, 5.41) is 9.94. The van der Waals surface area contributed by atoms with Crippen LogP contribution in [0.3, 0.4) is 0 Å². The summed E-state index contributed by atoms with van der Waals surface area (Å²) in [6.45, 7) is 0. The molecule has 4 unspecified atom stereocenters. The zero-order valence-electron chi connectivity index (χ0n) is 10.7. The second kappa shape index (κ2) is 4.98. The maximum atomic E-state index is 12.6. The summed E-state index contributed by atoms with van der Waals surface area (Å²) in [6.07, 6.45) is 4.60. The summed E-state index contributed by atoms with van der Waals surface area (Å²) in [6, 6.07) is 9.30. The van der Waals surface area contributed by atoms with Gasteiger partial charge in [0.2, 0.25) is 0 Å². The quantitative estimate of drug-likeness (QED) is 0.837. The van der Waals surface area contributed by atoms with Gasteiger partial charge < -0.3 is 0 Å². The van der Waals surface area contributed by atoms with E-state index in [4.69, 9.17) is 11.6 Å². The van der Waals surface area contributed by atoms with Gasteiger partial charge in [-0.1, -0.05) is 30.2 Å². The lowest BCUT2D eigenvalue weighted by molar-refractivity contribution is -0.124. The number of carbonyl (C=O) groups excluding carboxylic acids is 1. The zero-order chi connectivity index (χ0) is 13.4. The highest BCUT2D eigenvalue weighted by Crippen LogP contribution is 2.49. The molecule has 1 aromatic carbocycles. The topological polar surface area (TPSA) is 40.9 Å². The molecule has 19 heavy (non-hydrogen) atoms. The second-order valence-electron chi connectivity index (χ2n) is 5.80. The molecule has 0 aliphatic heterocycles. The van der Waals surface area contributed by atoms with Crippen molar-refractivity contribution in [2.45, 2.75) is 31.6 Å². The zero-order valence-corrected chi connectivity index (χ0v) is 11.4. The van der Waals surface area contributed by atoms with Crippen molar-refractivity contribution in [3.05, 3.63) is 34.9 Å². The third-order valence-corrected chi connectivity index (χ3v) is 4.93. The number of fused-ring (bicyclic) bond motifs is 2. The average molecular weight is 274 g/mol. The van der Waals surface area contributed by atoms with E-state index in [1.165, 1.54) is 12.8 Å². The first-order valence-corrected chi connectivity index (χ1v) is 7.25. The molecule has 2 nitrogen and oxygen atoms in total. The van der Waals surface area contributed by atoms with Gasteiger partial charge in [0.05, 0.1) is 6.07 Å². The molecule has 0 N–H and O–H groups in total. The van der Waals surface area contributed by atoms with Crippen LogP contribution in [0.15, 0.2) is 24.3 Å². The fourth-order valence-corrected chi connectivity index (χ4v) is 3.99. The van der Waals surface area contributed by atoms with Crippen LogP contribution in [0.4, 0.5) is 0 Å². The van der Waals surface area contributed by atoms with E-state index in [0.717, 1.165) is 24.3 Å². The molecule has 0 spiro atoms. The van der Waals surface area contributed by atoms with Crippen LogP contribution < -0.4 is 0 Å². The van der Waals surface area contributed by atoms with Crippen molar-refractivity contribution in [1.29, 1.82) is 5.26 Å². The molecule has 2 saturated carbocycles. The largest absolute Gasteiger partial charge is 0.298 e. The number of nitrogens with zero attached hydrogens (tertiary/aromatic N) is 1. The first-order valence-electron chi connectivity index (χ1n) is 6.88. The van der Waals surface area contributed by atoms with Gasteiger partial charge in [-0.25, -0.2) is 0 Å². The molecule has 3 heteroatoms. The Balaban J connectivity index is 1.83. The number of carbonyl (C=O) groups is 1. The normalized spacial score (nSPS) is 30.0. The SMILES string of the molecule is N#CC(C(=O)C1CC2CCC1C2)c1cccc(Cl)c1. The minimum atomic E-state index is -0.650. The molecule has 2 aliphatic carbocycles. The fraction of sp³-hybridized carbons (Fsp3) is 0.500. The van der Waals surface area contributed by atoms with Gasteiger partial charge in [-0.3, -0.25) is 4.79 Å². The van der Waals surface area contributed by atoms with Gasteiger partial charge in [0, 0.05) is 10.9 Å². The molecular weight excluding hydrogens is 258 g/mol. The van der Waals surface area contributed by atoms with E-state index in [1.807, 2.05) is 6.07 Å². The Kier molecular flexibility index (Phi) is 3.33. The van der Waals surface area contributed by atoms with Crippen molar-refractivity contribution >= 4 is 17.4 Å². The number of rotatable bonds is 3. The van der Waals surface area contributed by atoms with Gasteiger partial charge in [-0.05, 0) is 48.8 Å². The standard InChI is InChI=1S/C16H16ClNO/c17-13-3-1-2-11(8-13)15(9-18)16(19)14-7-10-4-5-12(14)6-10/h1-3,8,10,12,14-15H,4-7H2. The molecule has 98 valence electrons. The van der Waals surface area contributed by atoms with Crippen molar-refractivity contribution in [3.63, 3.8) is 0 Å². The molecule has 3 rings (SSSR count). The third-order valence-electron chi connectivity index (χ3n) is 4.70. The van der Waals surface area contributed by atoms with E-state index < -0.39 is 5.92 Å². The Morgan fingerprint density at radius 3 is 2.79 bits per heavy atom. The van der Waals surface area contributed by atoms with Gasteiger partial charge in [0.1, 0.15) is 5.92 Å². The van der Waals surface area contributed by atoms with E-state index in [-0.39, 0.29) is 11.7 Å². The molecule has 2 aliphatic rings. The lowest BCUT2D eigenvalue weighted by Crippen LogP contribution is -2.26. The highest BCUT2D eigenvalue weighted by molar-refractivity contribution is 6.30. The van der Waals surface area contributed by atoms with Crippen molar-refractivity contribution < 1.29 is 4.79 Å². The van der Waals surface area contributed by atoms with Crippen LogP contribution in [0.2, 0.25) is 5.02 Å². The summed E-state index contributed by atoms with van der Waals surface area (Å²) in [5.74, 6) is 0.799. The summed E-state index contributed by atoms with van der Waals surface area (Å²) in [4.78, 5) is 12.6. The average Bonchev–Trinajstić information content (AvgIpc) is 3.02. The lowest BCUT2D eigenvalue weighted by Gasteiger charge is -2.22. The Bertz CT molecular complexity index is 548. The minimum Gasteiger partial charge on any atom is -0.298 e. The molecule has 2 bridgehead atoms. The first kappa shape index (κ1) is 12.7. The van der Waals surface area contributed by atoms with E-state index >= 15 is 0 Å². The van der Waals surface area contributed by atoms with Crippen LogP contribution in [0.1, 0.15) is 37.2 Å². The lowest BCUT2D eigenvalue weighted by atomic mass is 9.79. The molecule has 0 heterocycles. The van der Waals surface area contributed by atoms with Gasteiger partial charge in [-0.2, -0.15) is 5.26 Å². The van der Waals surface area contributed by atoms with E-state index in [9.17, 15) is 10.1 Å². The van der Waals surface area contributed by atoms with E-state index in [1.54, 1.807) is 18.2 Å². The number of nitriles is 1. The second-order valence-corrected chi connectivity index (χ2v) is 6.24. The molecule has 0 amide bonds. The predicted molar refractivity (Wildman–Crippen MR) is 73.8 cm³/mol. The number of hydrogen-bond donors (Lipinski definition) is 0. The van der Waals surface area contributed by atoms with E-state index in [0.29, 0.717) is 10.9 Å². The fourth-order valence-electron chi connectivity index (χ4n) is 3.80. The number of Topliss-reactive ketones (excluding diaryl/α,β-unsaturated/α-hetero) is 1. The summed E-state index contributed by atoms with van der Waals surface area (Å²) in [5.41, 5.74) is 0.739. The number of benzene rings is 1. The molecular formula is C16H16ClNO. The Hall–Kier alpha value is -1.33. The Morgan fingerprint density at radius 1 is 1.37 bits per heavy atom. The van der Waals surface area contributed by atoms with Crippen LogP contribution in [-0.4, -0.2) is 5.78 Å². The first-order chi connectivity index (χ1) is 9.19. The van der Waals surface area contributed by atoms with Gasteiger partial charge >= 0.3 is 0 Å². The van der Waals surface area contributed by atoms with Crippen molar-refractivity contribution in [2.24, 2.45) is 17.8 Å². The number of hydrogen-bond acceptors (Lipinski definition) is 2. The maximum Gasteiger partial charge on any atom is 0.157 e. The van der Waals surface area contributed by atoms with Gasteiger partial charge in [-0.15, -0.1) is 0 Å². The predicted octanol–water partition coefficient (Wildman–Crippen LogP) is 3.95. The smallest absolute Gasteiger partial charge is 0.157 e. The minimum absolute atomic E-state index is 0.0994. The Morgan fingerprint density at radius 2 is 2.21 bits per heavy atom. The van der Waals surface area contributed by atoms with Gasteiger partial charge in [0.15, 0.2) is 5.78 Å². The van der Waals surface area contributed by atoms with Crippen LogP contribution in [-0.2, 0) is 4.79 Å². The van der Waals surface area contributed by atoms with E-state index in [2.05, 4.69) is 6.07 Å². The van der Waals surface area contributed by atoms with Crippen molar-refractivity contribution in [1.82, 2.24) is 0 Å². The van der Waals surface area contributed by atoms with Crippen LogP contribution in [0.25, 0.3) is 0 Å². The van der Waals surface area contributed by atoms with Crippen molar-refractivity contribution in [2.75, 3.05) is 0 Å². The third kappa shape index (κ3) is 2.28. The molecule has 4 atom stereocenters. The highest BCUT2D eigenvalue weighted by atomic mass is 35.5. The molecule has 1 aromatic rings. The summed E-state index contributed by atoms with van der Waals surface area (Å²) in [7, 11) is 0. The summed E-state index contributed by atoms with van der Waals surface area (Å²) < 4.78 is 0. The number of halogens is 1. The number of ketones is 1. The van der Waals surface area contributed by atoms with Crippen LogP contribution >= 0.6 is 11.6 Å². The van der Waals surface area contributed by atoms with Crippen LogP contribution in [0, 0.1) is 29.1 Å². The maximum absolute atomic E-state index is 12.6.